The third kappa shape index (κ3) is 3.67. The van der Waals surface area contributed by atoms with E-state index in [9.17, 15) is 9.59 Å². The van der Waals surface area contributed by atoms with E-state index < -0.39 is 5.60 Å². The normalized spacial score (nSPS) is 16.9. The van der Waals surface area contributed by atoms with Crippen LogP contribution in [0.25, 0.3) is 16.7 Å². The number of likely N-dealkylation sites (tertiary alicyclic amines) is 1. The maximum absolute atomic E-state index is 13.4. The summed E-state index contributed by atoms with van der Waals surface area (Å²) in [6, 6.07) is 17.6. The average molecular weight is 467 g/mol. The first kappa shape index (κ1) is 21.5. The Hall–Kier alpha value is -4.00. The number of rotatable bonds is 2. The van der Waals surface area contributed by atoms with Gasteiger partial charge in [-0.25, -0.2) is 9.67 Å². The van der Waals surface area contributed by atoms with Crippen LogP contribution < -0.4 is 4.74 Å². The van der Waals surface area contributed by atoms with Gasteiger partial charge >= 0.3 is 0 Å². The van der Waals surface area contributed by atoms with Crippen LogP contribution in [0.1, 0.15) is 51.2 Å². The number of fused-ring (bicyclic) bond motifs is 2. The van der Waals surface area contributed by atoms with Crippen LogP contribution in [0.3, 0.4) is 0 Å². The second-order valence-corrected chi connectivity index (χ2v) is 9.59. The molecule has 0 radical (unpaired) electrons. The number of ether oxygens (including phenoxy) is 1. The third-order valence-corrected chi connectivity index (χ3v) is 7.25. The number of benzene rings is 2. The number of piperidine rings is 1. The molecule has 2 aromatic carbocycles. The number of aryl methyl sites for hydroxylation is 1. The number of aromatic nitrogens is 3. The SMILES string of the molecule is Cc1ccc2c(c1)C(=O)CC1(CCN(C(=O)c3cnn(-c4ccc5ccccc5n4)c3C)CC1)O2. The largest absolute Gasteiger partial charge is 0.486 e. The van der Waals surface area contributed by atoms with Crippen molar-refractivity contribution in [3.05, 3.63) is 83.2 Å². The number of nitrogens with zero attached hydrogens (tertiary/aromatic N) is 4. The zero-order chi connectivity index (χ0) is 24.2. The molecule has 1 spiro atoms. The minimum absolute atomic E-state index is 0.0532. The van der Waals surface area contributed by atoms with Crippen LogP contribution in [0.2, 0.25) is 0 Å². The summed E-state index contributed by atoms with van der Waals surface area (Å²) in [6.07, 6.45) is 3.22. The van der Waals surface area contributed by atoms with Gasteiger partial charge in [0.1, 0.15) is 11.4 Å². The lowest BCUT2D eigenvalue weighted by molar-refractivity contribution is -0.00573. The molecule has 4 aromatic rings. The highest BCUT2D eigenvalue weighted by Gasteiger charge is 2.44. The molecule has 1 amide bonds. The van der Waals surface area contributed by atoms with E-state index in [2.05, 4.69) is 5.10 Å². The summed E-state index contributed by atoms with van der Waals surface area (Å²) < 4.78 is 8.07. The van der Waals surface area contributed by atoms with Gasteiger partial charge in [-0.3, -0.25) is 9.59 Å². The Labute approximate surface area is 203 Å². The predicted molar refractivity (Wildman–Crippen MR) is 132 cm³/mol. The number of pyridine rings is 1. The smallest absolute Gasteiger partial charge is 0.257 e. The molecule has 1 fully saturated rings. The summed E-state index contributed by atoms with van der Waals surface area (Å²) in [5.74, 6) is 1.41. The van der Waals surface area contributed by atoms with Crippen LogP contribution in [0.15, 0.2) is 60.8 Å². The standard InChI is InChI=1S/C28H26N4O3/c1-18-7-9-25-21(15-18)24(33)16-28(35-25)11-13-31(14-12-28)27(34)22-17-29-32(19(22)2)26-10-8-20-5-3-4-6-23(20)30-26/h3-10,15,17H,11-14,16H2,1-2H3. The molecule has 0 N–H and O–H groups in total. The highest BCUT2D eigenvalue weighted by Crippen LogP contribution is 2.40. The number of carbonyl (C=O) groups is 2. The lowest BCUT2D eigenvalue weighted by Gasteiger charge is -2.44. The third-order valence-electron chi connectivity index (χ3n) is 7.25. The van der Waals surface area contributed by atoms with Crippen LogP contribution in [-0.4, -0.2) is 50.0 Å². The molecule has 2 aliphatic heterocycles. The Morgan fingerprint density at radius 2 is 1.83 bits per heavy atom. The molecule has 0 atom stereocenters. The first-order valence-corrected chi connectivity index (χ1v) is 12.0. The molecule has 0 saturated carbocycles. The Bertz CT molecular complexity index is 1480. The molecule has 6 rings (SSSR count). The minimum atomic E-state index is -0.537. The fourth-order valence-electron chi connectivity index (χ4n) is 5.20. The molecule has 7 heteroatoms. The maximum Gasteiger partial charge on any atom is 0.257 e. The Morgan fingerprint density at radius 1 is 1.03 bits per heavy atom. The second kappa shape index (κ2) is 8.05. The van der Waals surface area contributed by atoms with Gasteiger partial charge in [-0.2, -0.15) is 5.10 Å². The van der Waals surface area contributed by atoms with Crippen molar-refractivity contribution in [1.29, 1.82) is 0 Å². The Morgan fingerprint density at radius 3 is 2.66 bits per heavy atom. The van der Waals surface area contributed by atoms with E-state index in [0.29, 0.717) is 55.0 Å². The van der Waals surface area contributed by atoms with Crippen molar-refractivity contribution >= 4 is 22.6 Å². The van der Waals surface area contributed by atoms with Crippen LogP contribution in [0.4, 0.5) is 0 Å². The van der Waals surface area contributed by atoms with Gasteiger partial charge in [0.25, 0.3) is 5.91 Å². The first-order valence-electron chi connectivity index (χ1n) is 12.0. The molecule has 35 heavy (non-hydrogen) atoms. The summed E-state index contributed by atoms with van der Waals surface area (Å²) in [5.41, 5.74) is 3.38. The summed E-state index contributed by atoms with van der Waals surface area (Å²) in [4.78, 5) is 32.8. The van der Waals surface area contributed by atoms with Gasteiger partial charge in [0.15, 0.2) is 11.6 Å². The minimum Gasteiger partial charge on any atom is -0.486 e. The quantitative estimate of drug-likeness (QED) is 0.429. The van der Waals surface area contributed by atoms with Gasteiger partial charge in [0.05, 0.1) is 35.0 Å². The monoisotopic (exact) mass is 466 g/mol. The number of hydrogen-bond donors (Lipinski definition) is 0. The molecule has 2 aliphatic rings. The van der Waals surface area contributed by atoms with E-state index in [-0.39, 0.29) is 11.7 Å². The average Bonchev–Trinajstić information content (AvgIpc) is 3.25. The van der Waals surface area contributed by atoms with Gasteiger partial charge in [-0.1, -0.05) is 29.8 Å². The van der Waals surface area contributed by atoms with E-state index in [0.717, 1.165) is 22.2 Å². The lowest BCUT2D eigenvalue weighted by Crippen LogP contribution is -2.52. The molecular weight excluding hydrogens is 440 g/mol. The number of carbonyl (C=O) groups excluding carboxylic acids is 2. The van der Waals surface area contributed by atoms with Crippen molar-refractivity contribution in [2.75, 3.05) is 13.1 Å². The van der Waals surface area contributed by atoms with Crippen molar-refractivity contribution in [3.8, 4) is 11.6 Å². The fraction of sp³-hybridized carbons (Fsp3) is 0.286. The molecular formula is C28H26N4O3. The van der Waals surface area contributed by atoms with Gasteiger partial charge in [0.2, 0.25) is 0 Å². The first-order chi connectivity index (χ1) is 16.9. The van der Waals surface area contributed by atoms with Crippen molar-refractivity contribution in [2.24, 2.45) is 0 Å². The van der Waals surface area contributed by atoms with Gasteiger partial charge in [-0.05, 0) is 44.2 Å². The van der Waals surface area contributed by atoms with Gasteiger partial charge in [0, 0.05) is 31.3 Å². The highest BCUT2D eigenvalue weighted by molar-refractivity contribution is 6.00. The number of ketones is 1. The molecule has 0 aliphatic carbocycles. The zero-order valence-corrected chi connectivity index (χ0v) is 19.8. The van der Waals surface area contributed by atoms with Crippen molar-refractivity contribution in [1.82, 2.24) is 19.7 Å². The van der Waals surface area contributed by atoms with Gasteiger partial charge < -0.3 is 9.64 Å². The number of hydrogen-bond acceptors (Lipinski definition) is 5. The fourth-order valence-corrected chi connectivity index (χ4v) is 5.20. The highest BCUT2D eigenvalue weighted by atomic mass is 16.5. The predicted octanol–water partition coefficient (Wildman–Crippen LogP) is 4.68. The topological polar surface area (TPSA) is 77.3 Å². The number of Topliss-reactive ketones (excluding diaryl/α,β-unsaturated/α-hetero) is 1. The molecule has 7 nitrogen and oxygen atoms in total. The molecule has 0 unspecified atom stereocenters. The van der Waals surface area contributed by atoms with Gasteiger partial charge in [-0.15, -0.1) is 0 Å². The number of para-hydroxylation sites is 1. The van der Waals surface area contributed by atoms with Crippen LogP contribution in [-0.2, 0) is 0 Å². The summed E-state index contributed by atoms with van der Waals surface area (Å²) in [5, 5.41) is 5.53. The van der Waals surface area contributed by atoms with E-state index in [1.165, 1.54) is 0 Å². The van der Waals surface area contributed by atoms with Crippen molar-refractivity contribution in [3.63, 3.8) is 0 Å². The summed E-state index contributed by atoms with van der Waals surface area (Å²) in [7, 11) is 0. The molecule has 0 bridgehead atoms. The van der Waals surface area contributed by atoms with E-state index in [1.807, 2.05) is 73.3 Å². The second-order valence-electron chi connectivity index (χ2n) is 9.59. The molecule has 1 saturated heterocycles. The van der Waals surface area contributed by atoms with E-state index >= 15 is 0 Å². The molecule has 176 valence electrons. The lowest BCUT2D eigenvalue weighted by atomic mass is 9.82. The summed E-state index contributed by atoms with van der Waals surface area (Å²) in [6.45, 7) is 4.94. The zero-order valence-electron chi connectivity index (χ0n) is 19.8. The van der Waals surface area contributed by atoms with Crippen molar-refractivity contribution < 1.29 is 14.3 Å². The summed E-state index contributed by atoms with van der Waals surface area (Å²) >= 11 is 0. The Kier molecular flexibility index (Phi) is 4.95. The van der Waals surface area contributed by atoms with Crippen molar-refractivity contribution in [2.45, 2.75) is 38.7 Å². The van der Waals surface area contributed by atoms with E-state index in [4.69, 9.17) is 9.72 Å². The number of amides is 1. The van der Waals surface area contributed by atoms with Crippen LogP contribution in [0, 0.1) is 13.8 Å². The Balaban J connectivity index is 1.19. The van der Waals surface area contributed by atoms with Crippen LogP contribution >= 0.6 is 0 Å². The molecule has 2 aromatic heterocycles. The maximum atomic E-state index is 13.4. The molecule has 4 heterocycles. The van der Waals surface area contributed by atoms with E-state index in [1.54, 1.807) is 10.9 Å². The van der Waals surface area contributed by atoms with Crippen LogP contribution in [0.5, 0.6) is 5.75 Å².